The maximum Gasteiger partial charge on any atom is 0.282 e. The molecule has 0 N–H and O–H groups in total. The van der Waals surface area contributed by atoms with E-state index < -0.39 is 0 Å². The van der Waals surface area contributed by atoms with Crippen molar-refractivity contribution < 1.29 is 4.74 Å². The van der Waals surface area contributed by atoms with Gasteiger partial charge in [0, 0.05) is 29.7 Å². The highest BCUT2D eigenvalue weighted by atomic mass is 79.9. The number of halogens is 1. The summed E-state index contributed by atoms with van der Waals surface area (Å²) in [6, 6.07) is 11.8. The van der Waals surface area contributed by atoms with E-state index in [2.05, 4.69) is 50.0 Å². The third-order valence-electron chi connectivity index (χ3n) is 5.13. The highest BCUT2D eigenvalue weighted by molar-refractivity contribution is 9.10. The molecular weight excluding hydrogens is 432 g/mol. The van der Waals surface area contributed by atoms with E-state index in [0.29, 0.717) is 23.1 Å². The maximum absolute atomic E-state index is 13.0. The number of rotatable bonds is 4. The Bertz CT molecular complexity index is 1130. The lowest BCUT2D eigenvalue weighted by atomic mass is 10.1. The molecule has 150 valence electrons. The molecule has 1 saturated heterocycles. The van der Waals surface area contributed by atoms with Gasteiger partial charge in [-0.3, -0.25) is 4.79 Å². The van der Waals surface area contributed by atoms with Gasteiger partial charge in [-0.1, -0.05) is 28.9 Å². The molecule has 0 aliphatic carbocycles. The first-order valence-corrected chi connectivity index (χ1v) is 10.5. The van der Waals surface area contributed by atoms with Crippen molar-refractivity contribution in [2.24, 2.45) is 5.10 Å². The Hall–Kier alpha value is -2.51. The number of ether oxygens (including phenoxy) is 1. The van der Waals surface area contributed by atoms with Crippen LogP contribution in [0, 0.1) is 6.92 Å². The van der Waals surface area contributed by atoms with Crippen molar-refractivity contribution in [2.75, 3.05) is 31.2 Å². The smallest absolute Gasteiger partial charge is 0.282 e. The lowest BCUT2D eigenvalue weighted by Gasteiger charge is -2.29. The molecular formula is C22H23BrN4O2. The van der Waals surface area contributed by atoms with Crippen LogP contribution >= 0.6 is 15.9 Å². The van der Waals surface area contributed by atoms with Crippen molar-refractivity contribution in [2.45, 2.75) is 20.3 Å². The minimum atomic E-state index is -0.160. The van der Waals surface area contributed by atoms with Crippen molar-refractivity contribution in [3.63, 3.8) is 0 Å². The molecule has 0 unspecified atom stereocenters. The number of hydrogen-bond donors (Lipinski definition) is 0. The Morgan fingerprint density at radius 3 is 2.72 bits per heavy atom. The molecule has 0 spiro atoms. The van der Waals surface area contributed by atoms with Crippen LogP contribution in [0.25, 0.3) is 10.9 Å². The predicted molar refractivity (Wildman–Crippen MR) is 120 cm³/mol. The van der Waals surface area contributed by atoms with Gasteiger partial charge < -0.3 is 9.64 Å². The monoisotopic (exact) mass is 454 g/mol. The Morgan fingerprint density at radius 2 is 2.00 bits per heavy atom. The van der Waals surface area contributed by atoms with Gasteiger partial charge in [0.05, 0.1) is 30.3 Å². The Morgan fingerprint density at radius 1 is 1.21 bits per heavy atom. The van der Waals surface area contributed by atoms with Gasteiger partial charge >= 0.3 is 0 Å². The summed E-state index contributed by atoms with van der Waals surface area (Å²) in [5.74, 6) is 0.642. The third kappa shape index (κ3) is 4.11. The molecule has 6 nitrogen and oxygen atoms in total. The first kappa shape index (κ1) is 19.8. The molecule has 0 saturated carbocycles. The van der Waals surface area contributed by atoms with Crippen LogP contribution in [0.3, 0.4) is 0 Å². The van der Waals surface area contributed by atoms with Gasteiger partial charge in [0.1, 0.15) is 5.82 Å². The van der Waals surface area contributed by atoms with Gasteiger partial charge in [0.2, 0.25) is 0 Å². The fourth-order valence-electron chi connectivity index (χ4n) is 3.49. The lowest BCUT2D eigenvalue weighted by Crippen LogP contribution is -2.36. The highest BCUT2D eigenvalue weighted by Crippen LogP contribution is 2.20. The molecule has 2 heterocycles. The molecule has 0 amide bonds. The highest BCUT2D eigenvalue weighted by Gasteiger charge is 2.12. The van der Waals surface area contributed by atoms with Crippen LogP contribution in [-0.4, -0.2) is 42.2 Å². The van der Waals surface area contributed by atoms with E-state index in [1.54, 1.807) is 12.3 Å². The summed E-state index contributed by atoms with van der Waals surface area (Å²) in [5.41, 5.74) is 3.80. The van der Waals surface area contributed by atoms with Crippen LogP contribution in [0.15, 0.2) is 50.8 Å². The zero-order chi connectivity index (χ0) is 20.4. The minimum absolute atomic E-state index is 0.160. The summed E-state index contributed by atoms with van der Waals surface area (Å²) in [6.45, 7) is 7.36. The van der Waals surface area contributed by atoms with Crippen LogP contribution in [0.5, 0.6) is 0 Å². The molecule has 1 fully saturated rings. The number of aryl methyl sites for hydroxylation is 2. The average molecular weight is 455 g/mol. The van der Waals surface area contributed by atoms with Crippen LogP contribution in [0.1, 0.15) is 23.9 Å². The number of fused-ring (bicyclic) bond motifs is 1. The number of benzene rings is 2. The van der Waals surface area contributed by atoms with Gasteiger partial charge in [0.15, 0.2) is 0 Å². The van der Waals surface area contributed by atoms with Crippen molar-refractivity contribution in [1.82, 2.24) is 9.66 Å². The zero-order valence-electron chi connectivity index (χ0n) is 16.6. The second-order valence-electron chi connectivity index (χ2n) is 7.04. The SMILES string of the molecule is CCc1nc2ccc(Br)cc2c(=O)n1N=Cc1ccc(N2CCOCC2)cc1C. The van der Waals surface area contributed by atoms with Gasteiger partial charge in [-0.25, -0.2) is 4.98 Å². The van der Waals surface area contributed by atoms with Gasteiger partial charge in [0.25, 0.3) is 5.56 Å². The summed E-state index contributed by atoms with van der Waals surface area (Å²) in [4.78, 5) is 19.9. The second kappa shape index (κ2) is 8.47. The molecule has 3 aromatic rings. The number of anilines is 1. The summed E-state index contributed by atoms with van der Waals surface area (Å²) in [7, 11) is 0. The molecule has 7 heteroatoms. The van der Waals surface area contributed by atoms with Gasteiger partial charge in [-0.05, 0) is 48.4 Å². The van der Waals surface area contributed by atoms with E-state index in [9.17, 15) is 4.79 Å². The third-order valence-corrected chi connectivity index (χ3v) is 5.63. The van der Waals surface area contributed by atoms with Crippen LogP contribution in [0.2, 0.25) is 0 Å². The standard InChI is InChI=1S/C22H23BrN4O2/c1-3-21-25-20-7-5-17(23)13-19(20)22(28)27(21)24-14-16-4-6-18(12-15(16)2)26-8-10-29-11-9-26/h4-7,12-14H,3,8-11H2,1-2H3. The minimum Gasteiger partial charge on any atom is -0.378 e. The number of morpholine rings is 1. The number of aromatic nitrogens is 2. The molecule has 4 rings (SSSR count). The van der Waals surface area contributed by atoms with Crippen molar-refractivity contribution >= 4 is 38.7 Å². The first-order chi connectivity index (χ1) is 14.1. The quantitative estimate of drug-likeness (QED) is 0.563. The molecule has 0 bridgehead atoms. The fraction of sp³-hybridized carbons (Fsp3) is 0.318. The molecule has 1 aromatic heterocycles. The number of hydrogen-bond acceptors (Lipinski definition) is 5. The second-order valence-corrected chi connectivity index (χ2v) is 7.96. The van der Waals surface area contributed by atoms with Crippen molar-refractivity contribution in [3.8, 4) is 0 Å². The average Bonchev–Trinajstić information content (AvgIpc) is 2.74. The molecule has 2 aromatic carbocycles. The topological polar surface area (TPSA) is 59.7 Å². The number of nitrogens with zero attached hydrogens (tertiary/aromatic N) is 4. The van der Waals surface area contributed by atoms with E-state index in [1.807, 2.05) is 25.1 Å². The van der Waals surface area contributed by atoms with Crippen LogP contribution in [-0.2, 0) is 11.2 Å². The van der Waals surface area contributed by atoms with Gasteiger partial charge in [-0.2, -0.15) is 9.78 Å². The lowest BCUT2D eigenvalue weighted by molar-refractivity contribution is 0.122. The maximum atomic E-state index is 13.0. The Balaban J connectivity index is 1.69. The van der Waals surface area contributed by atoms with Gasteiger partial charge in [-0.15, -0.1) is 0 Å². The van der Waals surface area contributed by atoms with Crippen molar-refractivity contribution in [1.29, 1.82) is 0 Å². The summed E-state index contributed by atoms with van der Waals surface area (Å²) < 4.78 is 7.68. The van der Waals surface area contributed by atoms with Crippen LogP contribution < -0.4 is 10.5 Å². The van der Waals surface area contributed by atoms with Crippen LogP contribution in [0.4, 0.5) is 5.69 Å². The Kier molecular flexibility index (Phi) is 5.78. The molecule has 29 heavy (non-hydrogen) atoms. The first-order valence-electron chi connectivity index (χ1n) is 9.75. The summed E-state index contributed by atoms with van der Waals surface area (Å²) in [5, 5.41) is 5.05. The summed E-state index contributed by atoms with van der Waals surface area (Å²) in [6.07, 6.45) is 2.36. The normalized spacial score (nSPS) is 14.8. The summed E-state index contributed by atoms with van der Waals surface area (Å²) >= 11 is 3.43. The van der Waals surface area contributed by atoms with E-state index in [1.165, 1.54) is 10.4 Å². The van der Waals surface area contributed by atoms with E-state index in [4.69, 9.17) is 4.74 Å². The van der Waals surface area contributed by atoms with E-state index >= 15 is 0 Å². The zero-order valence-corrected chi connectivity index (χ0v) is 18.1. The van der Waals surface area contributed by atoms with E-state index in [0.717, 1.165) is 41.9 Å². The predicted octanol–water partition coefficient (Wildman–Crippen LogP) is 3.75. The molecule has 0 atom stereocenters. The Labute approximate surface area is 178 Å². The largest absolute Gasteiger partial charge is 0.378 e. The fourth-order valence-corrected chi connectivity index (χ4v) is 3.85. The molecule has 1 aliphatic rings. The van der Waals surface area contributed by atoms with E-state index in [-0.39, 0.29) is 5.56 Å². The molecule has 1 aliphatic heterocycles. The molecule has 0 radical (unpaired) electrons. The van der Waals surface area contributed by atoms with Crippen molar-refractivity contribution in [3.05, 3.63) is 68.2 Å².